The Labute approximate surface area is 212 Å². The van der Waals surface area contributed by atoms with Gasteiger partial charge in [-0.2, -0.15) is 0 Å². The van der Waals surface area contributed by atoms with Crippen LogP contribution in [0.5, 0.6) is 5.88 Å². The van der Waals surface area contributed by atoms with Gasteiger partial charge in [0.05, 0.1) is 28.2 Å². The van der Waals surface area contributed by atoms with E-state index >= 15 is 0 Å². The molecule has 0 atom stereocenters. The molecule has 0 unspecified atom stereocenters. The van der Waals surface area contributed by atoms with Crippen molar-refractivity contribution in [1.82, 2.24) is 15.1 Å². The number of rotatable bonds is 11. The number of carbonyl (C=O) groups is 2. The van der Waals surface area contributed by atoms with E-state index in [2.05, 4.69) is 32.3 Å². The van der Waals surface area contributed by atoms with E-state index in [1.165, 1.54) is 38.6 Å². The van der Waals surface area contributed by atoms with Gasteiger partial charge in [0.25, 0.3) is 18.2 Å². The molecule has 36 heavy (non-hydrogen) atoms. The molecule has 1 aromatic heterocycles. The third-order valence-corrected chi connectivity index (χ3v) is 4.96. The molecule has 0 spiro atoms. The summed E-state index contributed by atoms with van der Waals surface area (Å²) in [6, 6.07) is 4.39. The summed E-state index contributed by atoms with van der Waals surface area (Å²) in [6.07, 6.45) is 3.58. The lowest BCUT2D eigenvalue weighted by atomic mass is 10.0. The van der Waals surface area contributed by atoms with E-state index in [1.54, 1.807) is 32.1 Å². The normalized spacial score (nSPS) is 11.8. The fraction of sp³-hybridized carbons (Fsp3) is 0.250. The van der Waals surface area contributed by atoms with Crippen LogP contribution in [0.1, 0.15) is 38.9 Å². The maximum Gasteiger partial charge on any atom is 0.274 e. The Morgan fingerprint density at radius 1 is 1.31 bits per heavy atom. The highest BCUT2D eigenvalue weighted by Gasteiger charge is 2.23. The molecule has 0 bridgehead atoms. The van der Waals surface area contributed by atoms with Gasteiger partial charge in [-0.15, -0.1) is 5.10 Å². The summed E-state index contributed by atoms with van der Waals surface area (Å²) in [5.74, 6) is -1.40. The first-order valence-electron chi connectivity index (χ1n) is 10.6. The second kappa shape index (κ2) is 13.2. The quantitative estimate of drug-likeness (QED) is 0.255. The Hall–Kier alpha value is -3.99. The predicted molar refractivity (Wildman–Crippen MR) is 135 cm³/mol. The Bertz CT molecular complexity index is 1220. The van der Waals surface area contributed by atoms with Gasteiger partial charge in [0, 0.05) is 13.1 Å². The molecule has 0 aliphatic heterocycles. The van der Waals surface area contributed by atoms with Crippen molar-refractivity contribution in [2.24, 2.45) is 5.16 Å². The number of allylic oxidation sites excluding steroid dienone is 5. The molecule has 0 radical (unpaired) electrons. The van der Waals surface area contributed by atoms with Gasteiger partial charge in [-0.1, -0.05) is 35.5 Å². The maximum atomic E-state index is 13.3. The molecule has 192 valence electrons. The van der Waals surface area contributed by atoms with Gasteiger partial charge in [0.1, 0.15) is 12.8 Å². The van der Waals surface area contributed by atoms with E-state index in [0.29, 0.717) is 11.1 Å². The van der Waals surface area contributed by atoms with Gasteiger partial charge in [-0.05, 0) is 43.2 Å². The molecule has 2 rings (SSSR count). The van der Waals surface area contributed by atoms with E-state index in [-0.39, 0.29) is 33.6 Å². The van der Waals surface area contributed by atoms with Gasteiger partial charge in [-0.3, -0.25) is 9.59 Å². The van der Waals surface area contributed by atoms with Crippen LogP contribution in [0.2, 0.25) is 0 Å². The van der Waals surface area contributed by atoms with Gasteiger partial charge >= 0.3 is 0 Å². The van der Waals surface area contributed by atoms with Gasteiger partial charge in [0.2, 0.25) is 5.88 Å². The minimum absolute atomic E-state index is 0.0983. The van der Waals surface area contributed by atoms with Crippen LogP contribution in [0.4, 0.5) is 14.5 Å². The molecular formula is C24H26ClF2N5O4. The number of anilines is 1. The van der Waals surface area contributed by atoms with Crippen molar-refractivity contribution in [3.05, 3.63) is 70.4 Å². The van der Waals surface area contributed by atoms with Crippen LogP contribution < -0.4 is 15.4 Å². The number of nitrogens with one attached hydrogen (secondary N) is 2. The zero-order chi connectivity index (χ0) is 26.8. The van der Waals surface area contributed by atoms with E-state index < -0.39 is 24.8 Å². The van der Waals surface area contributed by atoms with Crippen LogP contribution in [-0.2, 0) is 4.84 Å². The molecule has 2 N–H and O–H groups in total. The number of ether oxygens (including phenoxy) is 1. The summed E-state index contributed by atoms with van der Waals surface area (Å²) in [5, 5.41) is 13.1. The van der Waals surface area contributed by atoms with Crippen molar-refractivity contribution in [1.29, 1.82) is 0 Å². The third kappa shape index (κ3) is 7.25. The lowest BCUT2D eigenvalue weighted by Gasteiger charge is -2.15. The lowest BCUT2D eigenvalue weighted by molar-refractivity contribution is 0.0794. The minimum Gasteiger partial charge on any atom is -0.471 e. The molecule has 2 aromatic rings. The Balaban J connectivity index is 2.54. The van der Waals surface area contributed by atoms with Crippen molar-refractivity contribution < 1.29 is 27.9 Å². The van der Waals surface area contributed by atoms with Crippen molar-refractivity contribution in [2.45, 2.75) is 20.3 Å². The van der Waals surface area contributed by atoms with Crippen LogP contribution in [0, 0.1) is 6.92 Å². The van der Waals surface area contributed by atoms with E-state index in [1.807, 2.05) is 0 Å². The van der Waals surface area contributed by atoms with E-state index in [9.17, 15) is 18.4 Å². The molecule has 0 aliphatic carbocycles. The second-order valence-corrected chi connectivity index (χ2v) is 7.59. The highest BCUT2D eigenvalue weighted by Crippen LogP contribution is 2.27. The smallest absolute Gasteiger partial charge is 0.274 e. The summed E-state index contributed by atoms with van der Waals surface area (Å²) in [6.45, 7) is 6.40. The van der Waals surface area contributed by atoms with Crippen molar-refractivity contribution in [2.75, 3.05) is 26.1 Å². The number of hydrogen-bond donors (Lipinski definition) is 2. The zero-order valence-corrected chi connectivity index (χ0v) is 20.9. The molecule has 12 heteroatoms. The van der Waals surface area contributed by atoms with Crippen molar-refractivity contribution in [3.8, 4) is 5.88 Å². The van der Waals surface area contributed by atoms with Crippen LogP contribution in [-0.4, -0.2) is 55.0 Å². The lowest BCUT2D eigenvalue weighted by Crippen LogP contribution is -2.24. The van der Waals surface area contributed by atoms with Crippen LogP contribution in [0.25, 0.3) is 5.70 Å². The first-order chi connectivity index (χ1) is 17.1. The molecule has 0 saturated heterocycles. The van der Waals surface area contributed by atoms with Gasteiger partial charge in [-0.25, -0.2) is 13.5 Å². The molecule has 0 aliphatic rings. The molecule has 0 fully saturated rings. The Morgan fingerprint density at radius 2 is 2.03 bits per heavy atom. The number of nitrogens with zero attached hydrogens (tertiary/aromatic N) is 3. The summed E-state index contributed by atoms with van der Waals surface area (Å²) >= 11 is 6.27. The summed E-state index contributed by atoms with van der Waals surface area (Å²) < 4.78 is 31.4. The second-order valence-electron chi connectivity index (χ2n) is 7.18. The Kier molecular flexibility index (Phi) is 10.4. The number of hydrogen-bond acceptors (Lipinski definition) is 6. The molecular weight excluding hydrogens is 496 g/mol. The van der Waals surface area contributed by atoms with Crippen LogP contribution >= 0.6 is 11.6 Å². The predicted octanol–water partition coefficient (Wildman–Crippen LogP) is 4.60. The number of halogens is 3. The average Bonchev–Trinajstić information content (AvgIpc) is 3.29. The highest BCUT2D eigenvalue weighted by molar-refractivity contribution is 6.35. The monoisotopic (exact) mass is 521 g/mol. The first-order valence-corrected chi connectivity index (χ1v) is 10.9. The number of alkyl halides is 2. The van der Waals surface area contributed by atoms with E-state index in [4.69, 9.17) is 16.3 Å². The third-order valence-electron chi connectivity index (χ3n) is 4.62. The van der Waals surface area contributed by atoms with Gasteiger partial charge < -0.3 is 20.2 Å². The SMILES string of the molecule is C=C(/C(Cl)=C\C=C/C)n1nc(OCC(F)F)cc1C(=O)Nc1c(C)cc(/C=N/OC)cc1C(=O)NC. The number of aryl methyl sites for hydroxylation is 1. The summed E-state index contributed by atoms with van der Waals surface area (Å²) in [5.41, 5.74) is 1.48. The molecule has 0 saturated carbocycles. The summed E-state index contributed by atoms with van der Waals surface area (Å²) in [7, 11) is 2.83. The Morgan fingerprint density at radius 3 is 2.64 bits per heavy atom. The van der Waals surface area contributed by atoms with Gasteiger partial charge in [0.15, 0.2) is 6.61 Å². The minimum atomic E-state index is -2.74. The van der Waals surface area contributed by atoms with Crippen LogP contribution in [0.3, 0.4) is 0 Å². The number of aromatic nitrogens is 2. The number of oxime groups is 1. The zero-order valence-electron chi connectivity index (χ0n) is 20.1. The fourth-order valence-corrected chi connectivity index (χ4v) is 3.14. The van der Waals surface area contributed by atoms with Crippen molar-refractivity contribution in [3.63, 3.8) is 0 Å². The summed E-state index contributed by atoms with van der Waals surface area (Å²) in [4.78, 5) is 30.6. The number of carbonyl (C=O) groups excluding carboxylic acids is 2. The molecule has 1 aromatic carbocycles. The standard InChI is InChI=1S/C24H26ClF2N5O4/c1-6-7-8-18(25)15(3)32-19(11-21(31-32)36-13-20(26)27)24(34)30-22-14(2)9-16(12-29-35-5)10-17(22)23(33)28-4/h6-12,20H,3,13H2,1-2,4-5H3,(H,28,33)(H,30,34)/b7-6-,18-8+,29-12+. The maximum absolute atomic E-state index is 13.3. The highest BCUT2D eigenvalue weighted by atomic mass is 35.5. The topological polar surface area (TPSA) is 107 Å². The fourth-order valence-electron chi connectivity index (χ4n) is 2.98. The average molecular weight is 522 g/mol. The number of benzene rings is 1. The van der Waals surface area contributed by atoms with E-state index in [0.717, 1.165) is 4.68 Å². The first kappa shape index (κ1) is 28.2. The van der Waals surface area contributed by atoms with Crippen LogP contribution in [0.15, 0.2) is 53.2 Å². The van der Waals surface area contributed by atoms with Crippen molar-refractivity contribution >= 4 is 41.0 Å². The largest absolute Gasteiger partial charge is 0.471 e. The molecule has 2 amide bonds. The molecule has 1 heterocycles. The number of amides is 2. The molecule has 9 nitrogen and oxygen atoms in total.